The molecule has 0 saturated carbocycles. The van der Waals surface area contributed by atoms with E-state index < -0.39 is 23.1 Å². The second kappa shape index (κ2) is 17.8. The molecule has 0 bridgehead atoms. The summed E-state index contributed by atoms with van der Waals surface area (Å²) in [5.74, 6) is -0.862. The van der Waals surface area contributed by atoms with Crippen molar-refractivity contribution in [1.82, 2.24) is 10.3 Å². The zero-order valence-corrected chi connectivity index (χ0v) is 24.2. The van der Waals surface area contributed by atoms with Crippen LogP contribution in [-0.4, -0.2) is 93.0 Å². The topological polar surface area (TPSA) is 181 Å². The Morgan fingerprint density at radius 2 is 1.81 bits per heavy atom. The number of pyridine rings is 1. The number of aliphatic hydroxyl groups excluding tert-OH is 1. The zero-order chi connectivity index (χ0) is 31.0. The lowest BCUT2D eigenvalue weighted by Gasteiger charge is -2.37. The number of aliphatic hydroxyl groups is 1. The third-order valence-corrected chi connectivity index (χ3v) is 6.53. The Balaban J connectivity index is 1.70. The molecule has 234 valence electrons. The molecule has 1 aliphatic heterocycles. The highest BCUT2D eigenvalue weighted by molar-refractivity contribution is 5.92. The summed E-state index contributed by atoms with van der Waals surface area (Å²) in [6.45, 7) is 4.03. The number of allylic oxidation sites excluding steroid dienone is 1. The first kappa shape index (κ1) is 33.4. The first-order chi connectivity index (χ1) is 20.9. The first-order valence-corrected chi connectivity index (χ1v) is 13.9. The highest BCUT2D eigenvalue weighted by atomic mass is 16.7. The van der Waals surface area contributed by atoms with Gasteiger partial charge in [0.15, 0.2) is 5.76 Å². The van der Waals surface area contributed by atoms with Crippen molar-refractivity contribution in [1.29, 1.82) is 0 Å². The number of hydrogen-bond donors (Lipinski definition) is 3. The summed E-state index contributed by atoms with van der Waals surface area (Å²) < 4.78 is 27.7. The normalized spacial score (nSPS) is 17.8. The van der Waals surface area contributed by atoms with Crippen molar-refractivity contribution in [3.63, 3.8) is 0 Å². The van der Waals surface area contributed by atoms with E-state index in [1.165, 1.54) is 19.2 Å². The van der Waals surface area contributed by atoms with Gasteiger partial charge in [-0.25, -0.2) is 9.78 Å². The molecule has 3 N–H and O–H groups in total. The van der Waals surface area contributed by atoms with Crippen LogP contribution >= 0.6 is 0 Å². The first-order valence-electron chi connectivity index (χ1n) is 13.9. The summed E-state index contributed by atoms with van der Waals surface area (Å²) in [6, 6.07) is 9.80. The van der Waals surface area contributed by atoms with E-state index in [1.54, 1.807) is 18.2 Å². The van der Waals surface area contributed by atoms with Crippen LogP contribution in [0.2, 0.25) is 0 Å². The fraction of sp³-hybridized carbons (Fsp3) is 0.483. The number of rotatable bonds is 18. The van der Waals surface area contributed by atoms with Crippen LogP contribution in [0.1, 0.15) is 35.2 Å². The molecule has 1 aliphatic rings. The largest absolute Gasteiger partial charge is 0.465 e. The Kier molecular flexibility index (Phi) is 13.8. The number of nitro groups is 1. The number of anilines is 1. The lowest BCUT2D eigenvalue weighted by molar-refractivity contribution is -0.385. The summed E-state index contributed by atoms with van der Waals surface area (Å²) in [7, 11) is 1.32. The fourth-order valence-corrected chi connectivity index (χ4v) is 4.44. The van der Waals surface area contributed by atoms with Gasteiger partial charge in [-0.1, -0.05) is 12.1 Å². The van der Waals surface area contributed by atoms with Crippen LogP contribution in [-0.2, 0) is 28.5 Å². The molecule has 3 rings (SSSR count). The Labute approximate surface area is 249 Å². The lowest BCUT2D eigenvalue weighted by atomic mass is 9.81. The van der Waals surface area contributed by atoms with Crippen LogP contribution in [0.4, 0.5) is 11.5 Å². The predicted octanol–water partition coefficient (Wildman–Crippen LogP) is 2.40. The Morgan fingerprint density at radius 1 is 1.07 bits per heavy atom. The van der Waals surface area contributed by atoms with Gasteiger partial charge in [0.05, 0.1) is 44.0 Å². The standard InChI is InChI=1S/C29H38N4O10/c1-3-42-29-23(10-14-40-16-17-41-15-13-34)24(20-4-6-21(7-5-20)28(36)39-2)18-25(43-29)27(35)31-12-11-30-26-9-8-22(19-32-26)33(37)38/h4-9,18-19,23-24,29,34H,3,10-17H2,1-2H3,(H,30,32)(H,31,35)/t23-,24-,29-/m0/s1. The Bertz CT molecular complexity index is 1210. The smallest absolute Gasteiger partial charge is 0.337 e. The Hall–Kier alpha value is -4.11. The summed E-state index contributed by atoms with van der Waals surface area (Å²) in [4.78, 5) is 39.4. The van der Waals surface area contributed by atoms with E-state index >= 15 is 0 Å². The van der Waals surface area contributed by atoms with Gasteiger partial charge in [-0.2, -0.15) is 0 Å². The van der Waals surface area contributed by atoms with Crippen molar-refractivity contribution in [2.45, 2.75) is 25.6 Å². The van der Waals surface area contributed by atoms with Crippen molar-refractivity contribution >= 4 is 23.4 Å². The van der Waals surface area contributed by atoms with Crippen molar-refractivity contribution < 1.29 is 43.3 Å². The highest BCUT2D eigenvalue weighted by Crippen LogP contribution is 2.39. The van der Waals surface area contributed by atoms with Crippen LogP contribution in [0.3, 0.4) is 0 Å². The molecular weight excluding hydrogens is 564 g/mol. The maximum atomic E-state index is 13.1. The quantitative estimate of drug-likeness (QED) is 0.0983. The van der Waals surface area contributed by atoms with E-state index in [-0.39, 0.29) is 43.0 Å². The van der Waals surface area contributed by atoms with E-state index in [0.717, 1.165) is 11.8 Å². The number of nitrogens with zero attached hydrogens (tertiary/aromatic N) is 2. The third-order valence-electron chi connectivity index (χ3n) is 6.53. The molecular formula is C29H38N4O10. The van der Waals surface area contributed by atoms with Crippen LogP contribution in [0.5, 0.6) is 0 Å². The second-order valence-corrected chi connectivity index (χ2v) is 9.35. The number of aromatic nitrogens is 1. The fourth-order valence-electron chi connectivity index (χ4n) is 4.44. The molecule has 43 heavy (non-hydrogen) atoms. The van der Waals surface area contributed by atoms with Gasteiger partial charge >= 0.3 is 5.97 Å². The van der Waals surface area contributed by atoms with E-state index in [1.807, 2.05) is 19.1 Å². The van der Waals surface area contributed by atoms with Gasteiger partial charge in [0.1, 0.15) is 12.0 Å². The number of esters is 1. The van der Waals surface area contributed by atoms with Gasteiger partial charge in [-0.05, 0) is 43.2 Å². The molecule has 0 spiro atoms. The summed E-state index contributed by atoms with van der Waals surface area (Å²) >= 11 is 0. The summed E-state index contributed by atoms with van der Waals surface area (Å²) in [6.07, 6.45) is 2.71. The second-order valence-electron chi connectivity index (χ2n) is 9.35. The molecule has 14 nitrogen and oxygen atoms in total. The van der Waals surface area contributed by atoms with Crippen LogP contribution in [0, 0.1) is 16.0 Å². The van der Waals surface area contributed by atoms with Gasteiger partial charge in [-0.3, -0.25) is 14.9 Å². The number of hydrogen-bond acceptors (Lipinski definition) is 12. The molecule has 0 saturated heterocycles. The minimum atomic E-state index is -0.738. The number of carbonyl (C=O) groups is 2. The van der Waals surface area contributed by atoms with Gasteiger partial charge in [0, 0.05) is 44.2 Å². The van der Waals surface area contributed by atoms with Crippen molar-refractivity contribution in [2.75, 3.05) is 65.2 Å². The molecule has 1 amide bonds. The van der Waals surface area contributed by atoms with Gasteiger partial charge in [0.2, 0.25) is 6.29 Å². The van der Waals surface area contributed by atoms with Gasteiger partial charge in [-0.15, -0.1) is 0 Å². The molecule has 14 heteroatoms. The lowest BCUT2D eigenvalue weighted by Crippen LogP contribution is -2.40. The number of ether oxygens (including phenoxy) is 5. The molecule has 1 aromatic carbocycles. The van der Waals surface area contributed by atoms with Crippen LogP contribution in [0.15, 0.2) is 54.4 Å². The minimum Gasteiger partial charge on any atom is -0.465 e. The van der Waals surface area contributed by atoms with Crippen molar-refractivity contribution in [2.24, 2.45) is 5.92 Å². The number of methoxy groups -OCH3 is 1. The van der Waals surface area contributed by atoms with E-state index in [4.69, 9.17) is 28.8 Å². The maximum Gasteiger partial charge on any atom is 0.337 e. The molecule has 2 aromatic rings. The van der Waals surface area contributed by atoms with E-state index in [2.05, 4.69) is 15.6 Å². The van der Waals surface area contributed by atoms with Crippen molar-refractivity contribution in [3.8, 4) is 0 Å². The van der Waals surface area contributed by atoms with Gasteiger partial charge < -0.3 is 39.4 Å². The summed E-state index contributed by atoms with van der Waals surface area (Å²) in [5, 5.41) is 25.4. The minimum absolute atomic E-state index is 0.0539. The number of nitrogens with one attached hydrogen (secondary N) is 2. The molecule has 1 aromatic heterocycles. The molecule has 0 unspecified atom stereocenters. The molecule has 0 aliphatic carbocycles. The highest BCUT2D eigenvalue weighted by Gasteiger charge is 2.38. The number of amides is 1. The SMILES string of the molecule is CCO[C@H]1OC(C(=O)NCCNc2ccc([N+](=O)[O-])cn2)=C[C@@H](c2ccc(C(=O)OC)cc2)[C@@H]1CCOCCOCCO. The molecule has 2 heterocycles. The molecule has 0 radical (unpaired) electrons. The van der Waals surface area contributed by atoms with Crippen LogP contribution in [0.25, 0.3) is 0 Å². The number of benzene rings is 1. The average Bonchev–Trinajstić information content (AvgIpc) is 3.03. The summed E-state index contributed by atoms with van der Waals surface area (Å²) in [5.41, 5.74) is 1.14. The average molecular weight is 603 g/mol. The number of carbonyl (C=O) groups excluding carboxylic acids is 2. The molecule has 0 fully saturated rings. The van der Waals surface area contributed by atoms with Crippen molar-refractivity contribution in [3.05, 3.63) is 75.7 Å². The predicted molar refractivity (Wildman–Crippen MR) is 154 cm³/mol. The van der Waals surface area contributed by atoms with E-state index in [9.17, 15) is 19.7 Å². The Morgan fingerprint density at radius 3 is 2.44 bits per heavy atom. The zero-order valence-electron chi connectivity index (χ0n) is 24.2. The monoisotopic (exact) mass is 602 g/mol. The maximum absolute atomic E-state index is 13.1. The van der Waals surface area contributed by atoms with Gasteiger partial charge in [0.25, 0.3) is 11.6 Å². The molecule has 3 atom stereocenters. The van der Waals surface area contributed by atoms with Crippen LogP contribution < -0.4 is 10.6 Å². The van der Waals surface area contributed by atoms with E-state index in [0.29, 0.717) is 50.8 Å². The third kappa shape index (κ3) is 10.3.